The van der Waals surface area contributed by atoms with Crippen LogP contribution in [0.15, 0.2) is 12.1 Å². The molecule has 0 aromatic heterocycles. The smallest absolute Gasteiger partial charge is 0.408 e. The quantitative estimate of drug-likeness (QED) is 0.670. The number of aryl methyl sites for hydroxylation is 2. The van der Waals surface area contributed by atoms with Gasteiger partial charge < -0.3 is 25.0 Å². The van der Waals surface area contributed by atoms with Gasteiger partial charge in [-0.05, 0) is 77.0 Å². The van der Waals surface area contributed by atoms with E-state index in [2.05, 4.69) is 16.7 Å². The maximum atomic E-state index is 12.6. The molecule has 0 spiro atoms. The molecule has 0 bridgehead atoms. The van der Waals surface area contributed by atoms with Gasteiger partial charge in [0.2, 0.25) is 5.91 Å². The lowest BCUT2D eigenvalue weighted by Crippen LogP contribution is -2.45. The number of benzene rings is 1. The van der Waals surface area contributed by atoms with Crippen molar-refractivity contribution in [3.05, 3.63) is 28.8 Å². The first-order valence-corrected chi connectivity index (χ1v) is 11.2. The molecule has 1 aromatic rings. The van der Waals surface area contributed by atoms with Gasteiger partial charge in [-0.2, -0.15) is 0 Å². The molecule has 0 aliphatic carbocycles. The molecule has 0 atom stereocenters. The van der Waals surface area contributed by atoms with E-state index in [0.717, 1.165) is 35.3 Å². The summed E-state index contributed by atoms with van der Waals surface area (Å²) in [5, 5.41) is 5.29. The summed E-state index contributed by atoms with van der Waals surface area (Å²) < 4.78 is 11.0. The van der Waals surface area contributed by atoms with Gasteiger partial charge >= 0.3 is 6.09 Å². The molecule has 0 unspecified atom stereocenters. The van der Waals surface area contributed by atoms with E-state index >= 15 is 0 Å². The van der Waals surface area contributed by atoms with E-state index in [4.69, 9.17) is 9.47 Å². The molecular formula is C24H37N3O5. The van der Waals surface area contributed by atoms with Crippen molar-refractivity contribution in [3.8, 4) is 5.75 Å². The van der Waals surface area contributed by atoms with Crippen LogP contribution in [0.25, 0.3) is 0 Å². The highest BCUT2D eigenvalue weighted by atomic mass is 16.6. The van der Waals surface area contributed by atoms with Crippen molar-refractivity contribution in [1.82, 2.24) is 15.5 Å². The predicted octanol–water partition coefficient (Wildman–Crippen LogP) is 2.87. The fourth-order valence-electron chi connectivity index (χ4n) is 3.55. The lowest BCUT2D eigenvalue weighted by atomic mass is 9.97. The Balaban J connectivity index is 1.68. The first-order valence-electron chi connectivity index (χ1n) is 11.2. The van der Waals surface area contributed by atoms with Gasteiger partial charge in [0.25, 0.3) is 5.91 Å². The minimum Gasteiger partial charge on any atom is -0.483 e. The Hall–Kier alpha value is -2.77. The van der Waals surface area contributed by atoms with Crippen molar-refractivity contribution in [2.24, 2.45) is 5.92 Å². The lowest BCUT2D eigenvalue weighted by Gasteiger charge is -2.32. The molecule has 32 heavy (non-hydrogen) atoms. The Labute approximate surface area is 191 Å². The van der Waals surface area contributed by atoms with Crippen LogP contribution in [0.5, 0.6) is 5.75 Å². The third-order valence-corrected chi connectivity index (χ3v) is 5.56. The van der Waals surface area contributed by atoms with E-state index in [1.54, 1.807) is 20.8 Å². The maximum absolute atomic E-state index is 12.6. The highest BCUT2D eigenvalue weighted by Crippen LogP contribution is 2.26. The molecule has 1 fully saturated rings. The zero-order valence-corrected chi connectivity index (χ0v) is 20.2. The molecule has 178 valence electrons. The molecule has 1 aliphatic rings. The third kappa shape index (κ3) is 8.05. The van der Waals surface area contributed by atoms with Crippen LogP contribution in [0.2, 0.25) is 0 Å². The molecule has 3 amide bonds. The molecule has 8 heteroatoms. The number of likely N-dealkylation sites (tertiary alicyclic amines) is 1. The first kappa shape index (κ1) is 25.5. The minimum absolute atomic E-state index is 0.0191. The van der Waals surface area contributed by atoms with Crippen LogP contribution in [0.4, 0.5) is 4.79 Å². The maximum Gasteiger partial charge on any atom is 0.408 e. The van der Waals surface area contributed by atoms with Crippen molar-refractivity contribution >= 4 is 17.9 Å². The van der Waals surface area contributed by atoms with E-state index in [-0.39, 0.29) is 25.0 Å². The fraction of sp³-hybridized carbons (Fsp3) is 0.625. The number of rotatable bonds is 7. The predicted molar refractivity (Wildman–Crippen MR) is 123 cm³/mol. The van der Waals surface area contributed by atoms with Gasteiger partial charge in [-0.25, -0.2) is 4.79 Å². The van der Waals surface area contributed by atoms with Gasteiger partial charge in [-0.15, -0.1) is 0 Å². The van der Waals surface area contributed by atoms with Crippen LogP contribution in [-0.4, -0.2) is 61.2 Å². The molecule has 1 aromatic carbocycles. The molecular weight excluding hydrogens is 410 g/mol. The van der Waals surface area contributed by atoms with Crippen molar-refractivity contribution in [1.29, 1.82) is 0 Å². The summed E-state index contributed by atoms with van der Waals surface area (Å²) in [7, 11) is 0. The summed E-state index contributed by atoms with van der Waals surface area (Å²) in [6.45, 7) is 13.0. The van der Waals surface area contributed by atoms with Crippen molar-refractivity contribution in [2.45, 2.75) is 60.0 Å². The Morgan fingerprint density at radius 2 is 1.66 bits per heavy atom. The van der Waals surface area contributed by atoms with E-state index in [1.165, 1.54) is 0 Å². The number of ether oxygens (including phenoxy) is 2. The Morgan fingerprint density at radius 1 is 1.03 bits per heavy atom. The van der Waals surface area contributed by atoms with Gasteiger partial charge in [-0.3, -0.25) is 9.59 Å². The van der Waals surface area contributed by atoms with E-state index in [1.807, 2.05) is 31.7 Å². The van der Waals surface area contributed by atoms with E-state index < -0.39 is 11.7 Å². The third-order valence-electron chi connectivity index (χ3n) is 5.56. The standard InChI is InChI=1S/C24H37N3O5/c1-16-7-8-17(2)22(18(16)3)31-15-21(29)27-11-9-19(10-12-27)13-25-20(28)14-26-23(30)32-24(4,5)6/h7-8,19H,9-15H2,1-6H3,(H,25,28)(H,26,30). The summed E-state index contributed by atoms with van der Waals surface area (Å²) >= 11 is 0. The number of piperidine rings is 1. The summed E-state index contributed by atoms with van der Waals surface area (Å²) in [4.78, 5) is 38.0. The minimum atomic E-state index is -0.613. The number of nitrogens with zero attached hydrogens (tertiary/aromatic N) is 1. The second-order valence-electron chi connectivity index (χ2n) is 9.43. The summed E-state index contributed by atoms with van der Waals surface area (Å²) in [5.74, 6) is 0.809. The SMILES string of the molecule is Cc1ccc(C)c(OCC(=O)N2CCC(CNC(=O)CNC(=O)OC(C)(C)C)CC2)c1C. The molecule has 8 nitrogen and oxygen atoms in total. The molecule has 0 radical (unpaired) electrons. The highest BCUT2D eigenvalue weighted by Gasteiger charge is 2.24. The highest BCUT2D eigenvalue weighted by molar-refractivity contribution is 5.82. The number of nitrogens with one attached hydrogen (secondary N) is 2. The molecule has 2 N–H and O–H groups in total. The number of carbonyl (C=O) groups excluding carboxylic acids is 3. The topological polar surface area (TPSA) is 97.0 Å². The summed E-state index contributed by atoms with van der Waals surface area (Å²) in [5.41, 5.74) is 2.63. The Bertz CT molecular complexity index is 824. The first-order chi connectivity index (χ1) is 15.0. The van der Waals surface area contributed by atoms with E-state index in [9.17, 15) is 14.4 Å². The van der Waals surface area contributed by atoms with Crippen molar-refractivity contribution < 1.29 is 23.9 Å². The normalized spacial score (nSPS) is 14.6. The number of hydrogen-bond donors (Lipinski definition) is 2. The fourth-order valence-corrected chi connectivity index (χ4v) is 3.55. The van der Waals surface area contributed by atoms with Gasteiger partial charge in [0, 0.05) is 19.6 Å². The average molecular weight is 448 g/mol. The second-order valence-corrected chi connectivity index (χ2v) is 9.43. The van der Waals surface area contributed by atoms with Gasteiger partial charge in [0.05, 0.1) is 6.54 Å². The molecule has 1 heterocycles. The summed E-state index contributed by atoms with van der Waals surface area (Å²) in [6.07, 6.45) is 1.01. The zero-order valence-electron chi connectivity index (χ0n) is 20.2. The number of alkyl carbamates (subject to hydrolysis) is 1. The Kier molecular flexibility index (Phi) is 8.92. The number of amides is 3. The zero-order chi connectivity index (χ0) is 23.9. The number of hydrogen-bond acceptors (Lipinski definition) is 5. The number of carbonyl (C=O) groups is 3. The van der Waals surface area contributed by atoms with Crippen LogP contribution in [0.1, 0.15) is 50.3 Å². The molecule has 1 saturated heterocycles. The van der Waals surface area contributed by atoms with Crippen LogP contribution < -0.4 is 15.4 Å². The van der Waals surface area contributed by atoms with Crippen LogP contribution in [0.3, 0.4) is 0 Å². The van der Waals surface area contributed by atoms with Crippen LogP contribution >= 0.6 is 0 Å². The van der Waals surface area contributed by atoms with Crippen LogP contribution in [0, 0.1) is 26.7 Å². The molecule has 1 aliphatic heterocycles. The van der Waals surface area contributed by atoms with Crippen molar-refractivity contribution in [2.75, 3.05) is 32.8 Å². The van der Waals surface area contributed by atoms with E-state index in [0.29, 0.717) is 25.6 Å². The summed E-state index contributed by atoms with van der Waals surface area (Å²) in [6, 6.07) is 4.06. The van der Waals surface area contributed by atoms with Gasteiger partial charge in [-0.1, -0.05) is 12.1 Å². The monoisotopic (exact) mass is 447 g/mol. The Morgan fingerprint density at radius 3 is 2.28 bits per heavy atom. The molecule has 0 saturated carbocycles. The molecule has 2 rings (SSSR count). The lowest BCUT2D eigenvalue weighted by molar-refractivity contribution is -0.135. The largest absolute Gasteiger partial charge is 0.483 e. The average Bonchev–Trinajstić information content (AvgIpc) is 2.72. The van der Waals surface area contributed by atoms with Gasteiger partial charge in [0.15, 0.2) is 6.61 Å². The van der Waals surface area contributed by atoms with Crippen molar-refractivity contribution in [3.63, 3.8) is 0 Å². The second kappa shape index (κ2) is 11.2. The van der Waals surface area contributed by atoms with Crippen LogP contribution in [-0.2, 0) is 14.3 Å². The van der Waals surface area contributed by atoms with Gasteiger partial charge in [0.1, 0.15) is 11.4 Å².